The number of nitrogens with zero attached hydrogens (tertiary/aromatic N) is 1. The van der Waals surface area contributed by atoms with E-state index in [1.807, 2.05) is 39.0 Å². The molecule has 2 atom stereocenters. The summed E-state index contributed by atoms with van der Waals surface area (Å²) in [7, 11) is 3.25. The molecule has 2 rings (SSSR count). The molecular weight excluding hydrogens is 308 g/mol. The van der Waals surface area contributed by atoms with E-state index in [0.29, 0.717) is 13.1 Å². The maximum absolute atomic E-state index is 12.4. The van der Waals surface area contributed by atoms with Crippen LogP contribution in [0.5, 0.6) is 11.5 Å². The fraction of sp³-hybridized carbons (Fsp3) is 0.611. The normalized spacial score (nSPS) is 21.3. The molecule has 0 radical (unpaired) electrons. The summed E-state index contributed by atoms with van der Waals surface area (Å²) in [5.74, 6) is 1.57. The Morgan fingerprint density at radius 3 is 2.21 bits per heavy atom. The summed E-state index contributed by atoms with van der Waals surface area (Å²) in [6.45, 7) is 6.66. The van der Waals surface area contributed by atoms with Crippen LogP contribution in [0.2, 0.25) is 0 Å². The molecule has 1 aliphatic heterocycles. The molecular formula is C18H28N2O4. The fourth-order valence-corrected chi connectivity index (χ4v) is 2.92. The molecule has 6 nitrogen and oxygen atoms in total. The molecule has 0 saturated carbocycles. The van der Waals surface area contributed by atoms with Crippen molar-refractivity contribution in [2.75, 3.05) is 27.3 Å². The third kappa shape index (κ3) is 4.77. The van der Waals surface area contributed by atoms with E-state index in [1.165, 1.54) is 0 Å². The highest BCUT2D eigenvalue weighted by Gasteiger charge is 2.32. The Kier molecular flexibility index (Phi) is 5.59. The van der Waals surface area contributed by atoms with E-state index < -0.39 is 5.60 Å². The lowest BCUT2D eigenvalue weighted by atomic mass is 9.88. The second-order valence-corrected chi connectivity index (χ2v) is 7.22. The second kappa shape index (κ2) is 7.30. The highest BCUT2D eigenvalue weighted by Crippen LogP contribution is 2.32. The van der Waals surface area contributed by atoms with Crippen LogP contribution >= 0.6 is 0 Å². The largest absolute Gasteiger partial charge is 0.497 e. The summed E-state index contributed by atoms with van der Waals surface area (Å²) < 4.78 is 16.2. The van der Waals surface area contributed by atoms with Crippen molar-refractivity contribution in [3.8, 4) is 11.5 Å². The van der Waals surface area contributed by atoms with Crippen LogP contribution in [0.1, 0.15) is 38.7 Å². The number of methoxy groups -OCH3 is 2. The number of ether oxygens (including phenoxy) is 3. The van der Waals surface area contributed by atoms with Crippen LogP contribution in [0, 0.1) is 0 Å². The molecule has 0 aromatic heterocycles. The smallest absolute Gasteiger partial charge is 0.410 e. The lowest BCUT2D eigenvalue weighted by molar-refractivity contribution is 0.0180. The molecule has 0 spiro atoms. The molecule has 1 heterocycles. The molecule has 24 heavy (non-hydrogen) atoms. The van der Waals surface area contributed by atoms with Crippen molar-refractivity contribution < 1.29 is 19.0 Å². The SMILES string of the molecule is COc1cc(OC)cc([C@@H]2C[C@@H](N)CN(C(=O)OC(C)(C)C)C2)c1. The Morgan fingerprint density at radius 2 is 1.71 bits per heavy atom. The van der Waals surface area contributed by atoms with Crippen molar-refractivity contribution >= 4 is 6.09 Å². The van der Waals surface area contributed by atoms with E-state index in [4.69, 9.17) is 19.9 Å². The van der Waals surface area contributed by atoms with E-state index in [2.05, 4.69) is 0 Å². The zero-order valence-electron chi connectivity index (χ0n) is 15.2. The van der Waals surface area contributed by atoms with Crippen LogP contribution in [-0.2, 0) is 4.74 Å². The van der Waals surface area contributed by atoms with Gasteiger partial charge in [-0.3, -0.25) is 0 Å². The summed E-state index contributed by atoms with van der Waals surface area (Å²) in [5.41, 5.74) is 6.71. The number of nitrogens with two attached hydrogens (primary N) is 1. The molecule has 0 bridgehead atoms. The van der Waals surface area contributed by atoms with Gasteiger partial charge in [0.15, 0.2) is 0 Å². The van der Waals surface area contributed by atoms with Gasteiger partial charge in [0.2, 0.25) is 0 Å². The molecule has 1 aliphatic rings. The number of amides is 1. The summed E-state index contributed by atoms with van der Waals surface area (Å²) in [6.07, 6.45) is 0.479. The van der Waals surface area contributed by atoms with E-state index in [9.17, 15) is 4.79 Å². The van der Waals surface area contributed by atoms with E-state index in [-0.39, 0.29) is 18.1 Å². The fourth-order valence-electron chi connectivity index (χ4n) is 2.92. The average Bonchev–Trinajstić information content (AvgIpc) is 2.52. The van der Waals surface area contributed by atoms with Gasteiger partial charge >= 0.3 is 6.09 Å². The number of carbonyl (C=O) groups is 1. The van der Waals surface area contributed by atoms with Crippen LogP contribution < -0.4 is 15.2 Å². The number of hydrogen-bond donors (Lipinski definition) is 1. The molecule has 1 aromatic carbocycles. The highest BCUT2D eigenvalue weighted by molar-refractivity contribution is 5.68. The van der Waals surface area contributed by atoms with Gasteiger partial charge in [0, 0.05) is 31.1 Å². The molecule has 1 amide bonds. The zero-order valence-corrected chi connectivity index (χ0v) is 15.2. The third-order valence-electron chi connectivity index (χ3n) is 3.98. The van der Waals surface area contributed by atoms with Gasteiger partial charge in [-0.2, -0.15) is 0 Å². The van der Waals surface area contributed by atoms with Crippen molar-refractivity contribution in [2.45, 2.75) is 44.8 Å². The Hall–Kier alpha value is -1.95. The molecule has 0 aliphatic carbocycles. The van der Waals surface area contributed by atoms with Gasteiger partial charge in [-0.1, -0.05) is 0 Å². The molecule has 1 fully saturated rings. The van der Waals surface area contributed by atoms with Gasteiger partial charge in [-0.15, -0.1) is 0 Å². The maximum Gasteiger partial charge on any atom is 0.410 e. The number of carbonyl (C=O) groups excluding carboxylic acids is 1. The Bertz CT molecular complexity index is 561. The standard InChI is InChI=1S/C18H28N2O4/c1-18(2,3)24-17(21)20-10-13(6-14(19)11-20)12-7-15(22-4)9-16(8-12)23-5/h7-9,13-14H,6,10-11,19H2,1-5H3/t13-,14-/m1/s1. The minimum absolute atomic E-state index is 0.0894. The number of piperidine rings is 1. The molecule has 6 heteroatoms. The first-order valence-corrected chi connectivity index (χ1v) is 8.18. The topological polar surface area (TPSA) is 74.0 Å². The van der Waals surface area contributed by atoms with Crippen molar-refractivity contribution in [3.05, 3.63) is 23.8 Å². The number of hydrogen-bond acceptors (Lipinski definition) is 5. The van der Waals surface area contributed by atoms with Gasteiger partial charge in [-0.05, 0) is 44.9 Å². The van der Waals surface area contributed by atoms with Crippen molar-refractivity contribution in [1.82, 2.24) is 4.90 Å². The van der Waals surface area contributed by atoms with E-state index in [1.54, 1.807) is 19.1 Å². The van der Waals surface area contributed by atoms with Crippen molar-refractivity contribution in [1.29, 1.82) is 0 Å². The Balaban J connectivity index is 2.20. The number of likely N-dealkylation sites (tertiary alicyclic amines) is 1. The van der Waals surface area contributed by atoms with Crippen LogP contribution in [-0.4, -0.2) is 49.9 Å². The average molecular weight is 336 g/mol. The lowest BCUT2D eigenvalue weighted by Crippen LogP contribution is -2.50. The van der Waals surface area contributed by atoms with Crippen molar-refractivity contribution in [3.63, 3.8) is 0 Å². The van der Waals surface area contributed by atoms with Gasteiger partial charge in [-0.25, -0.2) is 4.79 Å². The van der Waals surface area contributed by atoms with Gasteiger partial charge < -0.3 is 24.8 Å². The summed E-state index contributed by atoms with van der Waals surface area (Å²) in [4.78, 5) is 14.1. The second-order valence-electron chi connectivity index (χ2n) is 7.22. The maximum atomic E-state index is 12.4. The summed E-state index contributed by atoms with van der Waals surface area (Å²) >= 11 is 0. The predicted molar refractivity (Wildman–Crippen MR) is 92.7 cm³/mol. The van der Waals surface area contributed by atoms with Crippen LogP contribution in [0.15, 0.2) is 18.2 Å². The molecule has 2 N–H and O–H groups in total. The minimum atomic E-state index is -0.521. The van der Waals surface area contributed by atoms with Gasteiger partial charge in [0.25, 0.3) is 0 Å². The van der Waals surface area contributed by atoms with E-state index >= 15 is 0 Å². The third-order valence-corrected chi connectivity index (χ3v) is 3.98. The lowest BCUT2D eigenvalue weighted by Gasteiger charge is -2.37. The van der Waals surface area contributed by atoms with Crippen LogP contribution in [0.4, 0.5) is 4.79 Å². The molecule has 134 valence electrons. The first-order chi connectivity index (χ1) is 11.2. The Morgan fingerprint density at radius 1 is 1.12 bits per heavy atom. The number of rotatable bonds is 3. The monoisotopic (exact) mass is 336 g/mol. The molecule has 1 saturated heterocycles. The Labute approximate surface area is 143 Å². The van der Waals surface area contributed by atoms with Crippen LogP contribution in [0.25, 0.3) is 0 Å². The quantitative estimate of drug-likeness (QED) is 0.919. The van der Waals surface area contributed by atoms with Crippen molar-refractivity contribution in [2.24, 2.45) is 5.73 Å². The predicted octanol–water partition coefficient (Wildman–Crippen LogP) is 2.76. The zero-order chi connectivity index (χ0) is 17.9. The molecule has 1 aromatic rings. The molecule has 0 unspecified atom stereocenters. The van der Waals surface area contributed by atoms with Gasteiger partial charge in [0.1, 0.15) is 17.1 Å². The highest BCUT2D eigenvalue weighted by atomic mass is 16.6. The first kappa shape index (κ1) is 18.4. The minimum Gasteiger partial charge on any atom is -0.497 e. The first-order valence-electron chi connectivity index (χ1n) is 8.18. The van der Waals surface area contributed by atoms with E-state index in [0.717, 1.165) is 23.5 Å². The summed E-state index contributed by atoms with van der Waals surface area (Å²) in [5, 5.41) is 0. The number of benzene rings is 1. The summed E-state index contributed by atoms with van der Waals surface area (Å²) in [6, 6.07) is 5.68. The van der Waals surface area contributed by atoms with Gasteiger partial charge in [0.05, 0.1) is 14.2 Å². The van der Waals surface area contributed by atoms with Crippen LogP contribution in [0.3, 0.4) is 0 Å².